The third-order valence-corrected chi connectivity index (χ3v) is 2.22. The molecule has 0 bridgehead atoms. The van der Waals surface area contributed by atoms with Crippen LogP contribution in [-0.4, -0.2) is 6.54 Å². The third kappa shape index (κ3) is 2.51. The van der Waals surface area contributed by atoms with Gasteiger partial charge in [-0.3, -0.25) is 0 Å². The minimum absolute atomic E-state index is 0.437. The van der Waals surface area contributed by atoms with Gasteiger partial charge in [0.2, 0.25) is 0 Å². The van der Waals surface area contributed by atoms with Gasteiger partial charge in [0.15, 0.2) is 11.6 Å². The van der Waals surface area contributed by atoms with Gasteiger partial charge in [-0.25, -0.2) is 8.78 Å². The first kappa shape index (κ1) is 11.1. The molecule has 0 saturated carbocycles. The summed E-state index contributed by atoms with van der Waals surface area (Å²) in [6.07, 6.45) is 1.91. The van der Waals surface area contributed by atoms with Gasteiger partial charge in [-0.15, -0.1) is 0 Å². The molecule has 0 aliphatic carbocycles. The molecule has 0 atom stereocenters. The van der Waals surface area contributed by atoms with Crippen LogP contribution in [0.1, 0.15) is 24.5 Å². The molecule has 0 radical (unpaired) electrons. The van der Waals surface area contributed by atoms with Crippen LogP contribution in [0.25, 0.3) is 0 Å². The highest BCUT2D eigenvalue weighted by Gasteiger charge is 2.09. The maximum absolute atomic E-state index is 13.2. The number of nitrogens with two attached hydrogens (primary N) is 1. The van der Waals surface area contributed by atoms with E-state index in [0.717, 1.165) is 5.56 Å². The minimum Gasteiger partial charge on any atom is -0.330 e. The van der Waals surface area contributed by atoms with E-state index in [0.29, 0.717) is 31.4 Å². The molecule has 2 N–H and O–H groups in total. The van der Waals surface area contributed by atoms with Crippen molar-refractivity contribution in [2.24, 2.45) is 5.73 Å². The fourth-order valence-electron chi connectivity index (χ4n) is 1.39. The molecular weight excluding hydrogens is 184 g/mol. The van der Waals surface area contributed by atoms with E-state index >= 15 is 0 Å². The van der Waals surface area contributed by atoms with Gasteiger partial charge < -0.3 is 5.73 Å². The summed E-state index contributed by atoms with van der Waals surface area (Å²) in [7, 11) is 0. The molecule has 3 heteroatoms. The van der Waals surface area contributed by atoms with Crippen LogP contribution in [-0.2, 0) is 12.8 Å². The third-order valence-electron chi connectivity index (χ3n) is 2.22. The second kappa shape index (κ2) is 5.05. The second-order valence-corrected chi connectivity index (χ2v) is 3.30. The molecule has 0 fully saturated rings. The zero-order valence-corrected chi connectivity index (χ0v) is 8.32. The van der Waals surface area contributed by atoms with E-state index in [-0.39, 0.29) is 0 Å². The van der Waals surface area contributed by atoms with Gasteiger partial charge in [0.1, 0.15) is 0 Å². The van der Waals surface area contributed by atoms with Crippen molar-refractivity contribution in [1.82, 2.24) is 0 Å². The molecule has 0 heterocycles. The summed E-state index contributed by atoms with van der Waals surface area (Å²) in [6.45, 7) is 2.41. The minimum atomic E-state index is -0.753. The molecule has 0 aromatic heterocycles. The van der Waals surface area contributed by atoms with Crippen molar-refractivity contribution in [1.29, 1.82) is 0 Å². The van der Waals surface area contributed by atoms with Crippen molar-refractivity contribution < 1.29 is 8.78 Å². The standard InChI is InChI=1S/C11H15F2N/c1-2-8-6-9(4-3-5-14)11(13)10(12)7-8/h6-7H,2-5,14H2,1H3. The Bertz CT molecular complexity index is 310. The molecule has 0 aliphatic rings. The molecule has 1 aromatic rings. The average molecular weight is 199 g/mol. The van der Waals surface area contributed by atoms with E-state index < -0.39 is 11.6 Å². The Morgan fingerprint density at radius 3 is 2.57 bits per heavy atom. The largest absolute Gasteiger partial charge is 0.330 e. The molecule has 0 saturated heterocycles. The summed E-state index contributed by atoms with van der Waals surface area (Å²) in [5.74, 6) is -1.48. The molecule has 1 aromatic carbocycles. The maximum atomic E-state index is 13.2. The Labute approximate surface area is 82.9 Å². The summed E-state index contributed by atoms with van der Waals surface area (Å²) in [6, 6.07) is 2.97. The zero-order chi connectivity index (χ0) is 10.6. The number of hydrogen-bond acceptors (Lipinski definition) is 1. The van der Waals surface area contributed by atoms with Crippen LogP contribution >= 0.6 is 0 Å². The van der Waals surface area contributed by atoms with Crippen LogP contribution in [0.5, 0.6) is 0 Å². The molecule has 1 nitrogen and oxygen atoms in total. The van der Waals surface area contributed by atoms with E-state index in [9.17, 15) is 8.78 Å². The lowest BCUT2D eigenvalue weighted by molar-refractivity contribution is 0.496. The number of rotatable bonds is 4. The first-order valence-electron chi connectivity index (χ1n) is 4.86. The highest BCUT2D eigenvalue weighted by molar-refractivity contribution is 5.26. The van der Waals surface area contributed by atoms with Gasteiger partial charge in [0.05, 0.1) is 0 Å². The smallest absolute Gasteiger partial charge is 0.162 e. The lowest BCUT2D eigenvalue weighted by atomic mass is 10.0. The topological polar surface area (TPSA) is 26.0 Å². The van der Waals surface area contributed by atoms with Gasteiger partial charge >= 0.3 is 0 Å². The van der Waals surface area contributed by atoms with E-state index in [1.807, 2.05) is 6.92 Å². The Morgan fingerprint density at radius 1 is 1.29 bits per heavy atom. The van der Waals surface area contributed by atoms with Crippen LogP contribution in [0.4, 0.5) is 8.78 Å². The molecule has 0 amide bonds. The van der Waals surface area contributed by atoms with Crippen molar-refractivity contribution >= 4 is 0 Å². The van der Waals surface area contributed by atoms with Crippen LogP contribution in [0.2, 0.25) is 0 Å². The first-order valence-corrected chi connectivity index (χ1v) is 4.86. The summed E-state index contributed by atoms with van der Waals surface area (Å²) < 4.78 is 26.3. The molecule has 78 valence electrons. The fourth-order valence-corrected chi connectivity index (χ4v) is 1.39. The van der Waals surface area contributed by atoms with Gasteiger partial charge in [-0.1, -0.05) is 13.0 Å². The van der Waals surface area contributed by atoms with E-state index in [4.69, 9.17) is 5.73 Å². The molecule has 0 unspecified atom stereocenters. The van der Waals surface area contributed by atoms with E-state index in [1.54, 1.807) is 6.07 Å². The molecule has 0 spiro atoms. The zero-order valence-electron chi connectivity index (χ0n) is 8.32. The van der Waals surface area contributed by atoms with Gasteiger partial charge in [0, 0.05) is 0 Å². The Balaban J connectivity index is 2.95. The predicted molar refractivity (Wildman–Crippen MR) is 53.1 cm³/mol. The van der Waals surface area contributed by atoms with E-state index in [1.165, 1.54) is 6.07 Å². The SMILES string of the molecule is CCc1cc(F)c(F)c(CCCN)c1. The Hall–Kier alpha value is -0.960. The highest BCUT2D eigenvalue weighted by Crippen LogP contribution is 2.16. The van der Waals surface area contributed by atoms with Gasteiger partial charge in [-0.2, -0.15) is 0 Å². The van der Waals surface area contributed by atoms with Crippen molar-refractivity contribution in [3.05, 3.63) is 34.9 Å². The van der Waals surface area contributed by atoms with E-state index in [2.05, 4.69) is 0 Å². The summed E-state index contributed by atoms with van der Waals surface area (Å²) in [5.41, 5.74) is 6.59. The molecule has 0 aliphatic heterocycles. The van der Waals surface area contributed by atoms with Gasteiger partial charge in [-0.05, 0) is 43.0 Å². The van der Waals surface area contributed by atoms with Crippen molar-refractivity contribution in [3.63, 3.8) is 0 Å². The molecular formula is C11H15F2N. The van der Waals surface area contributed by atoms with Crippen LogP contribution in [0, 0.1) is 11.6 Å². The molecule has 14 heavy (non-hydrogen) atoms. The summed E-state index contributed by atoms with van der Waals surface area (Å²) in [4.78, 5) is 0. The quantitative estimate of drug-likeness (QED) is 0.791. The highest BCUT2D eigenvalue weighted by atomic mass is 19.2. The van der Waals surface area contributed by atoms with Crippen LogP contribution in [0.15, 0.2) is 12.1 Å². The Kier molecular flexibility index (Phi) is 4.01. The van der Waals surface area contributed by atoms with Crippen molar-refractivity contribution in [2.45, 2.75) is 26.2 Å². The Morgan fingerprint density at radius 2 is 2.00 bits per heavy atom. The second-order valence-electron chi connectivity index (χ2n) is 3.30. The number of aryl methyl sites for hydroxylation is 2. The van der Waals surface area contributed by atoms with Crippen LogP contribution in [0.3, 0.4) is 0 Å². The number of benzene rings is 1. The maximum Gasteiger partial charge on any atom is 0.162 e. The summed E-state index contributed by atoms with van der Waals surface area (Å²) >= 11 is 0. The fraction of sp³-hybridized carbons (Fsp3) is 0.455. The number of halogens is 2. The first-order chi connectivity index (χ1) is 6.69. The lowest BCUT2D eigenvalue weighted by Gasteiger charge is -2.06. The predicted octanol–water partition coefficient (Wildman–Crippen LogP) is 2.42. The number of hydrogen-bond donors (Lipinski definition) is 1. The lowest BCUT2D eigenvalue weighted by Crippen LogP contribution is -2.03. The molecule has 1 rings (SSSR count). The van der Waals surface area contributed by atoms with Gasteiger partial charge in [0.25, 0.3) is 0 Å². The van der Waals surface area contributed by atoms with Crippen molar-refractivity contribution in [3.8, 4) is 0 Å². The summed E-state index contributed by atoms with van der Waals surface area (Å²) in [5, 5.41) is 0. The monoisotopic (exact) mass is 199 g/mol. The van der Waals surface area contributed by atoms with Crippen LogP contribution < -0.4 is 5.73 Å². The van der Waals surface area contributed by atoms with Crippen molar-refractivity contribution in [2.75, 3.05) is 6.54 Å². The average Bonchev–Trinajstić information content (AvgIpc) is 2.20. The normalized spacial score (nSPS) is 10.6.